The van der Waals surface area contributed by atoms with E-state index in [2.05, 4.69) is 15.4 Å². The number of halogens is 3. The third-order valence-electron chi connectivity index (χ3n) is 7.17. The average molecular weight is 491 g/mol. The maximum atomic E-state index is 13.1. The molecule has 0 spiro atoms. The summed E-state index contributed by atoms with van der Waals surface area (Å²) >= 11 is 6.64. The molecule has 4 nitrogen and oxygen atoms in total. The van der Waals surface area contributed by atoms with Crippen LogP contribution in [0.4, 0.5) is 14.5 Å². The minimum atomic E-state index is -2.91. The Hall–Kier alpha value is -2.18. The van der Waals surface area contributed by atoms with Gasteiger partial charge in [-0.1, -0.05) is 29.8 Å². The maximum Gasteiger partial charge on any atom is 0.387 e. The Kier molecular flexibility index (Phi) is 7.78. The number of amides is 1. The molecular formula is C27H33ClF2N2O2. The standard InChI is InChI=1S/C27H33ClF2N2O2/c1-27(2,19-4-3-5-22(14-19)34-26(29)30)25(33)32-21-12-13-23(24(28)15-21)18-8-10-20(11-9-18)31-16-17-6-7-17/h3-5,12-15,17-18,20,26,31H,6-11,16H2,1-2H3,(H,32,33). The molecule has 0 bridgehead atoms. The molecule has 1 amide bonds. The van der Waals surface area contributed by atoms with Crippen LogP contribution in [0.3, 0.4) is 0 Å². The van der Waals surface area contributed by atoms with Crippen molar-refractivity contribution in [1.82, 2.24) is 5.32 Å². The first-order valence-electron chi connectivity index (χ1n) is 12.1. The quantitative estimate of drug-likeness (QED) is 0.402. The highest BCUT2D eigenvalue weighted by molar-refractivity contribution is 6.31. The molecule has 184 valence electrons. The number of ether oxygens (including phenoxy) is 1. The van der Waals surface area contributed by atoms with Crippen molar-refractivity contribution in [3.63, 3.8) is 0 Å². The summed E-state index contributed by atoms with van der Waals surface area (Å²) in [5.74, 6) is 1.10. The number of hydrogen-bond acceptors (Lipinski definition) is 3. The lowest BCUT2D eigenvalue weighted by Crippen LogP contribution is -2.35. The summed E-state index contributed by atoms with van der Waals surface area (Å²) < 4.78 is 29.6. The van der Waals surface area contributed by atoms with Crippen molar-refractivity contribution in [3.8, 4) is 5.75 Å². The smallest absolute Gasteiger partial charge is 0.387 e. The van der Waals surface area contributed by atoms with Crippen LogP contribution in [0, 0.1) is 5.92 Å². The van der Waals surface area contributed by atoms with Crippen molar-refractivity contribution in [2.45, 2.75) is 76.4 Å². The third-order valence-corrected chi connectivity index (χ3v) is 7.49. The normalized spacial score (nSPS) is 20.9. The first kappa shape index (κ1) is 24.9. The van der Waals surface area contributed by atoms with Gasteiger partial charge in [0.25, 0.3) is 0 Å². The molecule has 4 rings (SSSR count). The summed E-state index contributed by atoms with van der Waals surface area (Å²) in [5, 5.41) is 7.31. The van der Waals surface area contributed by atoms with E-state index in [4.69, 9.17) is 11.6 Å². The van der Waals surface area contributed by atoms with E-state index in [9.17, 15) is 13.6 Å². The summed E-state index contributed by atoms with van der Waals surface area (Å²) in [6.45, 7) is 1.73. The zero-order valence-corrected chi connectivity index (χ0v) is 20.5. The molecule has 0 aliphatic heterocycles. The number of hydrogen-bond donors (Lipinski definition) is 2. The highest BCUT2D eigenvalue weighted by atomic mass is 35.5. The second kappa shape index (κ2) is 10.6. The predicted octanol–water partition coefficient (Wildman–Crippen LogP) is 6.88. The van der Waals surface area contributed by atoms with Crippen LogP contribution in [0.5, 0.6) is 5.75 Å². The van der Waals surface area contributed by atoms with Crippen molar-refractivity contribution in [1.29, 1.82) is 0 Å². The SMILES string of the molecule is CC(C)(C(=O)Nc1ccc(C2CCC(NCC3CC3)CC2)c(Cl)c1)c1cccc(OC(F)F)c1. The second-order valence-corrected chi connectivity index (χ2v) is 10.5. The molecule has 2 fully saturated rings. The molecule has 0 unspecified atom stereocenters. The van der Waals surface area contributed by atoms with Gasteiger partial charge in [-0.2, -0.15) is 8.78 Å². The van der Waals surface area contributed by atoms with Gasteiger partial charge in [0, 0.05) is 16.8 Å². The van der Waals surface area contributed by atoms with E-state index in [-0.39, 0.29) is 11.7 Å². The maximum absolute atomic E-state index is 13.1. The molecule has 0 heterocycles. The molecule has 0 aromatic heterocycles. The molecular weight excluding hydrogens is 458 g/mol. The van der Waals surface area contributed by atoms with Gasteiger partial charge in [-0.3, -0.25) is 4.79 Å². The topological polar surface area (TPSA) is 50.4 Å². The number of rotatable bonds is 9. The monoisotopic (exact) mass is 490 g/mol. The Balaban J connectivity index is 1.36. The van der Waals surface area contributed by atoms with Gasteiger partial charge < -0.3 is 15.4 Å². The molecule has 0 atom stereocenters. The molecule has 34 heavy (non-hydrogen) atoms. The van der Waals surface area contributed by atoms with Crippen LogP contribution >= 0.6 is 11.6 Å². The Morgan fingerprint density at radius 3 is 2.47 bits per heavy atom. The number of carbonyl (C=O) groups excluding carboxylic acids is 1. The fourth-order valence-corrected chi connectivity index (χ4v) is 5.01. The van der Waals surface area contributed by atoms with Crippen LogP contribution in [0.25, 0.3) is 0 Å². The number of anilines is 1. The number of carbonyl (C=O) groups is 1. The van der Waals surface area contributed by atoms with Gasteiger partial charge in [0.1, 0.15) is 5.75 Å². The molecule has 2 aliphatic carbocycles. The lowest BCUT2D eigenvalue weighted by atomic mass is 9.81. The summed E-state index contributed by atoms with van der Waals surface area (Å²) in [7, 11) is 0. The lowest BCUT2D eigenvalue weighted by molar-refractivity contribution is -0.120. The highest BCUT2D eigenvalue weighted by Gasteiger charge is 2.31. The number of nitrogens with one attached hydrogen (secondary N) is 2. The Morgan fingerprint density at radius 1 is 1.09 bits per heavy atom. The molecule has 0 saturated heterocycles. The van der Waals surface area contributed by atoms with Crippen LogP contribution in [-0.2, 0) is 10.2 Å². The molecule has 0 radical (unpaired) electrons. The Morgan fingerprint density at radius 2 is 1.82 bits per heavy atom. The Bertz CT molecular complexity index is 1000. The highest BCUT2D eigenvalue weighted by Crippen LogP contribution is 2.38. The molecule has 2 saturated carbocycles. The van der Waals surface area contributed by atoms with Crippen molar-refractivity contribution in [2.75, 3.05) is 11.9 Å². The van der Waals surface area contributed by atoms with Crippen LogP contribution in [0.1, 0.15) is 69.4 Å². The van der Waals surface area contributed by atoms with Crippen molar-refractivity contribution < 1.29 is 18.3 Å². The average Bonchev–Trinajstić information content (AvgIpc) is 3.63. The predicted molar refractivity (Wildman–Crippen MR) is 132 cm³/mol. The van der Waals surface area contributed by atoms with Gasteiger partial charge in [-0.15, -0.1) is 0 Å². The third kappa shape index (κ3) is 6.28. The summed E-state index contributed by atoms with van der Waals surface area (Å²) in [6.07, 6.45) is 7.29. The molecule has 2 aromatic rings. The first-order valence-corrected chi connectivity index (χ1v) is 12.5. The van der Waals surface area contributed by atoms with Gasteiger partial charge in [-0.05, 0) is 106 Å². The summed E-state index contributed by atoms with van der Waals surface area (Å²) in [4.78, 5) is 13.1. The van der Waals surface area contributed by atoms with E-state index < -0.39 is 12.0 Å². The van der Waals surface area contributed by atoms with E-state index in [0.717, 1.165) is 43.7 Å². The minimum absolute atomic E-state index is 0.0261. The van der Waals surface area contributed by atoms with Crippen LogP contribution in [0.15, 0.2) is 42.5 Å². The Labute approximate surface area is 205 Å². The van der Waals surface area contributed by atoms with Crippen LogP contribution in [0.2, 0.25) is 5.02 Å². The summed E-state index contributed by atoms with van der Waals surface area (Å²) in [5.41, 5.74) is 1.37. The largest absolute Gasteiger partial charge is 0.435 e. The second-order valence-electron chi connectivity index (χ2n) is 10.1. The zero-order chi connectivity index (χ0) is 24.3. The van der Waals surface area contributed by atoms with Crippen molar-refractivity contribution in [3.05, 3.63) is 58.6 Å². The van der Waals surface area contributed by atoms with E-state index in [1.165, 1.54) is 25.0 Å². The van der Waals surface area contributed by atoms with E-state index in [1.807, 2.05) is 12.1 Å². The van der Waals surface area contributed by atoms with Gasteiger partial charge in [0.2, 0.25) is 5.91 Å². The first-order chi connectivity index (χ1) is 16.2. The van der Waals surface area contributed by atoms with E-state index in [0.29, 0.717) is 28.2 Å². The van der Waals surface area contributed by atoms with Gasteiger partial charge in [0.15, 0.2) is 0 Å². The summed E-state index contributed by atoms with van der Waals surface area (Å²) in [6, 6.07) is 12.6. The van der Waals surface area contributed by atoms with Crippen molar-refractivity contribution >= 4 is 23.2 Å². The van der Waals surface area contributed by atoms with E-state index in [1.54, 1.807) is 32.0 Å². The fraction of sp³-hybridized carbons (Fsp3) is 0.519. The molecule has 2 N–H and O–H groups in total. The van der Waals surface area contributed by atoms with Crippen molar-refractivity contribution in [2.24, 2.45) is 5.92 Å². The number of benzene rings is 2. The lowest BCUT2D eigenvalue weighted by Gasteiger charge is -2.30. The molecule has 2 aliphatic rings. The zero-order valence-electron chi connectivity index (χ0n) is 19.8. The van der Waals surface area contributed by atoms with Crippen LogP contribution < -0.4 is 15.4 Å². The minimum Gasteiger partial charge on any atom is -0.435 e. The van der Waals surface area contributed by atoms with Gasteiger partial charge in [0.05, 0.1) is 5.41 Å². The molecule has 2 aromatic carbocycles. The number of alkyl halides is 2. The van der Waals surface area contributed by atoms with Gasteiger partial charge in [-0.25, -0.2) is 0 Å². The van der Waals surface area contributed by atoms with Gasteiger partial charge >= 0.3 is 6.61 Å². The van der Waals surface area contributed by atoms with E-state index >= 15 is 0 Å². The fourth-order valence-electron chi connectivity index (χ4n) is 4.68. The molecule has 7 heteroatoms. The van der Waals surface area contributed by atoms with Crippen LogP contribution in [-0.4, -0.2) is 25.1 Å².